The molecule has 0 atom stereocenters. The van der Waals surface area contributed by atoms with Gasteiger partial charge >= 0.3 is 5.97 Å². The topological polar surface area (TPSA) is 46.5 Å². The van der Waals surface area contributed by atoms with Gasteiger partial charge in [-0.15, -0.1) is 0 Å². The second-order valence-electron chi connectivity index (χ2n) is 2.75. The van der Waals surface area contributed by atoms with Crippen LogP contribution in [0.3, 0.4) is 0 Å². The van der Waals surface area contributed by atoms with Gasteiger partial charge in [0, 0.05) is 6.42 Å². The molecule has 0 amide bonds. The van der Waals surface area contributed by atoms with E-state index >= 15 is 0 Å². The smallest absolute Gasteiger partial charge is 0.303 e. The van der Waals surface area contributed by atoms with Crippen LogP contribution in [0.25, 0.3) is 0 Å². The maximum Gasteiger partial charge on any atom is 0.303 e. The molecule has 0 aliphatic rings. The fourth-order valence-corrected chi connectivity index (χ4v) is 1.33. The first kappa shape index (κ1) is 9.79. The molecule has 0 unspecified atom stereocenters. The minimum Gasteiger partial charge on any atom is -0.553 e. The Hall–Kier alpha value is -1.29. The first-order valence-corrected chi connectivity index (χ1v) is 4.89. The highest BCUT2D eigenvalue weighted by Gasteiger charge is 1.99. The molecule has 0 spiro atoms. The second kappa shape index (κ2) is 4.66. The lowest BCUT2D eigenvalue weighted by Gasteiger charge is -2.02. The molecule has 0 aliphatic carbocycles. The maximum atomic E-state index is 10.3. The van der Waals surface area contributed by atoms with E-state index in [1.54, 1.807) is 0 Å². The predicted octanol–water partition coefficient (Wildman–Crippen LogP) is 0.363. The van der Waals surface area contributed by atoms with Gasteiger partial charge in [-0.1, -0.05) is 12.1 Å². The number of carboxylic acid groups (broad SMARTS) is 1. The summed E-state index contributed by atoms with van der Waals surface area (Å²) >= 11 is 0. The molecule has 0 heterocycles. The van der Waals surface area contributed by atoms with Crippen molar-refractivity contribution in [1.29, 1.82) is 0 Å². The van der Waals surface area contributed by atoms with Gasteiger partial charge in [0.15, 0.2) is 0 Å². The van der Waals surface area contributed by atoms with Crippen molar-refractivity contribution in [2.75, 3.05) is 0 Å². The molecule has 0 radical (unpaired) electrons. The molecular weight excluding hydrogens is 184 g/mol. The van der Waals surface area contributed by atoms with Crippen LogP contribution in [0.4, 0.5) is 0 Å². The Labute approximate surface area is 79.9 Å². The zero-order valence-electron chi connectivity index (χ0n) is 7.49. The van der Waals surface area contributed by atoms with Crippen LogP contribution in [-0.4, -0.2) is 21.6 Å². The van der Waals surface area contributed by atoms with Gasteiger partial charge < -0.3 is 9.53 Å². The molecule has 0 aromatic heterocycles. The van der Waals surface area contributed by atoms with Crippen LogP contribution >= 0.6 is 0 Å². The first-order chi connectivity index (χ1) is 6.22. The lowest BCUT2D eigenvalue weighted by Crippen LogP contribution is -1.97. The van der Waals surface area contributed by atoms with E-state index in [2.05, 4.69) is 0 Å². The van der Waals surface area contributed by atoms with Gasteiger partial charge in [0.05, 0.1) is 0 Å². The summed E-state index contributed by atoms with van der Waals surface area (Å²) in [5, 5.41) is 8.48. The van der Waals surface area contributed by atoms with Gasteiger partial charge in [0.1, 0.15) is 5.75 Å². The van der Waals surface area contributed by atoms with Crippen LogP contribution in [-0.2, 0) is 11.2 Å². The third-order valence-electron chi connectivity index (χ3n) is 1.76. The van der Waals surface area contributed by atoms with Crippen molar-refractivity contribution in [3.05, 3.63) is 29.8 Å². The van der Waals surface area contributed by atoms with Gasteiger partial charge in [-0.2, -0.15) is 0 Å². The largest absolute Gasteiger partial charge is 0.553 e. The van der Waals surface area contributed by atoms with Crippen molar-refractivity contribution in [2.45, 2.75) is 12.8 Å². The van der Waals surface area contributed by atoms with Crippen LogP contribution in [0.15, 0.2) is 24.3 Å². The fraction of sp³-hybridized carbons (Fsp3) is 0.222. The maximum absolute atomic E-state index is 10.3. The molecule has 13 heavy (non-hydrogen) atoms. The van der Waals surface area contributed by atoms with E-state index < -0.39 is 5.97 Å². The predicted molar refractivity (Wildman–Crippen MR) is 53.0 cm³/mol. The van der Waals surface area contributed by atoms with Crippen molar-refractivity contribution in [3.8, 4) is 5.75 Å². The zero-order chi connectivity index (χ0) is 9.68. The number of aliphatic carboxylic acids is 1. The number of hydrogen-bond acceptors (Lipinski definition) is 2. The van der Waals surface area contributed by atoms with E-state index in [4.69, 9.17) is 9.53 Å². The number of hydrogen-bond donors (Lipinski definition) is 1. The zero-order valence-corrected chi connectivity index (χ0v) is 9.49. The minimum atomic E-state index is -0.766. The number of benzene rings is 1. The average molecular weight is 196 g/mol. The minimum absolute atomic E-state index is 0.171. The van der Waals surface area contributed by atoms with E-state index in [0.29, 0.717) is 16.9 Å². The summed E-state index contributed by atoms with van der Waals surface area (Å²) in [4.78, 5) is 10.3. The molecule has 4 heteroatoms. The Kier molecular flexibility index (Phi) is 3.51. The Morgan fingerprint density at radius 3 is 2.92 bits per heavy atom. The summed E-state index contributed by atoms with van der Waals surface area (Å²) < 4.78 is 5.15. The van der Waals surface area contributed by atoms with Gasteiger partial charge in [-0.25, -0.2) is 0 Å². The van der Waals surface area contributed by atoms with Gasteiger partial charge in [0.2, 0.25) is 10.5 Å². The number of carbonyl (C=O) groups is 1. The molecule has 0 saturated carbocycles. The quantitative estimate of drug-likeness (QED) is 0.707. The van der Waals surface area contributed by atoms with Crippen LogP contribution in [0.2, 0.25) is 0 Å². The third-order valence-corrected chi connectivity index (χ3v) is 2.23. The Morgan fingerprint density at radius 2 is 2.31 bits per heavy atom. The summed E-state index contributed by atoms with van der Waals surface area (Å²) in [7, 11) is 0.659. The van der Waals surface area contributed by atoms with Crippen molar-refractivity contribution in [3.63, 3.8) is 0 Å². The number of aryl methyl sites for hydroxylation is 1. The molecule has 70 valence electrons. The lowest BCUT2D eigenvalue weighted by molar-refractivity contribution is -0.136. The monoisotopic (exact) mass is 196 g/mol. The van der Waals surface area contributed by atoms with Crippen LogP contribution in [0.1, 0.15) is 12.0 Å². The molecular formula is C9H12O3Si. The first-order valence-electron chi connectivity index (χ1n) is 4.07. The Morgan fingerprint density at radius 1 is 1.54 bits per heavy atom. The van der Waals surface area contributed by atoms with Gasteiger partial charge in [-0.05, 0) is 24.1 Å². The summed E-state index contributed by atoms with van der Waals surface area (Å²) in [6.45, 7) is 0. The SMILES string of the molecule is O=C(O)CCc1cccc(O[SiH3])c1. The highest BCUT2D eigenvalue weighted by Crippen LogP contribution is 2.13. The molecule has 1 rings (SSSR count). The van der Waals surface area contributed by atoms with E-state index in [9.17, 15) is 4.79 Å². The Bertz CT molecular complexity index is 299. The van der Waals surface area contributed by atoms with Crippen LogP contribution < -0.4 is 4.43 Å². The van der Waals surface area contributed by atoms with E-state index in [0.717, 1.165) is 11.3 Å². The highest BCUT2D eigenvalue weighted by molar-refractivity contribution is 5.99. The molecule has 0 aliphatic heterocycles. The third kappa shape index (κ3) is 3.29. The fourth-order valence-electron chi connectivity index (χ4n) is 1.08. The second-order valence-corrected chi connectivity index (χ2v) is 3.15. The average Bonchev–Trinajstić information content (AvgIpc) is 2.15. The van der Waals surface area contributed by atoms with Crippen LogP contribution in [0, 0.1) is 0 Å². The van der Waals surface area contributed by atoms with E-state index in [-0.39, 0.29) is 6.42 Å². The normalized spacial score (nSPS) is 9.85. The summed E-state index contributed by atoms with van der Waals surface area (Å²) in [6, 6.07) is 7.55. The lowest BCUT2D eigenvalue weighted by atomic mass is 10.1. The molecule has 0 saturated heterocycles. The molecule has 3 nitrogen and oxygen atoms in total. The van der Waals surface area contributed by atoms with E-state index in [1.807, 2.05) is 24.3 Å². The Balaban J connectivity index is 2.61. The number of rotatable bonds is 4. The summed E-state index contributed by atoms with van der Waals surface area (Å²) in [6.07, 6.45) is 0.735. The van der Waals surface area contributed by atoms with Crippen molar-refractivity contribution < 1.29 is 14.3 Å². The molecule has 1 aromatic carbocycles. The van der Waals surface area contributed by atoms with Gasteiger partial charge in [0.25, 0.3) is 0 Å². The standard InChI is InChI=1S/C9H12O3Si/c10-9(11)5-4-7-2-1-3-8(6-7)12-13/h1-3,6H,4-5H2,13H3,(H,10,11). The summed E-state index contributed by atoms with van der Waals surface area (Å²) in [5.41, 5.74) is 1.01. The van der Waals surface area contributed by atoms with E-state index in [1.165, 1.54) is 0 Å². The number of carboxylic acids is 1. The highest BCUT2D eigenvalue weighted by atomic mass is 28.2. The molecule has 0 bridgehead atoms. The van der Waals surface area contributed by atoms with Crippen molar-refractivity contribution in [1.82, 2.24) is 0 Å². The molecule has 1 aromatic rings. The van der Waals surface area contributed by atoms with Crippen LogP contribution in [0.5, 0.6) is 5.75 Å². The summed E-state index contributed by atoms with van der Waals surface area (Å²) in [5.74, 6) is 0.0618. The molecule has 0 fully saturated rings. The van der Waals surface area contributed by atoms with Crippen molar-refractivity contribution >= 4 is 16.5 Å². The molecule has 1 N–H and O–H groups in total. The van der Waals surface area contributed by atoms with Crippen molar-refractivity contribution in [2.24, 2.45) is 0 Å². The van der Waals surface area contributed by atoms with Gasteiger partial charge in [-0.3, -0.25) is 4.79 Å².